The summed E-state index contributed by atoms with van der Waals surface area (Å²) < 4.78 is 2.94. The van der Waals surface area contributed by atoms with Crippen LogP contribution in [-0.4, -0.2) is 4.57 Å². The summed E-state index contributed by atoms with van der Waals surface area (Å²) in [4.78, 5) is 0. The van der Waals surface area contributed by atoms with Crippen LogP contribution in [0.15, 0.2) is 53.1 Å². The van der Waals surface area contributed by atoms with Gasteiger partial charge in [0.15, 0.2) is 0 Å². The van der Waals surface area contributed by atoms with Crippen LogP contribution in [0.1, 0.15) is 11.3 Å². The van der Waals surface area contributed by atoms with Crippen LogP contribution < -0.4 is 5.32 Å². The molecule has 104 valence electrons. The molecule has 0 aliphatic heterocycles. The first-order valence-corrected chi connectivity index (χ1v) is 7.45. The maximum atomic E-state index is 8.99. The highest BCUT2D eigenvalue weighted by atomic mass is 79.9. The number of fused-ring (bicyclic) bond motifs is 1. The summed E-state index contributed by atoms with van der Waals surface area (Å²) in [6.45, 7) is 0.696. The molecule has 0 amide bonds. The van der Waals surface area contributed by atoms with E-state index in [-0.39, 0.29) is 0 Å². The molecule has 3 rings (SSSR count). The lowest BCUT2D eigenvalue weighted by Crippen LogP contribution is -1.99. The Kier molecular flexibility index (Phi) is 3.68. The number of anilines is 1. The molecule has 0 saturated carbocycles. The Morgan fingerprint density at radius 2 is 1.95 bits per heavy atom. The van der Waals surface area contributed by atoms with Gasteiger partial charge in [-0.2, -0.15) is 5.26 Å². The first-order valence-electron chi connectivity index (χ1n) is 6.65. The van der Waals surface area contributed by atoms with E-state index >= 15 is 0 Å². The third-order valence-electron chi connectivity index (χ3n) is 3.53. The summed E-state index contributed by atoms with van der Waals surface area (Å²) in [7, 11) is 1.89. The molecule has 0 spiro atoms. The molecule has 1 N–H and O–H groups in total. The maximum absolute atomic E-state index is 8.99. The van der Waals surface area contributed by atoms with Crippen LogP contribution in [0.25, 0.3) is 10.8 Å². The number of aromatic nitrogens is 1. The third kappa shape index (κ3) is 2.65. The topological polar surface area (TPSA) is 40.8 Å². The Morgan fingerprint density at radius 3 is 2.67 bits per heavy atom. The molecular formula is C17H14BrN3. The lowest BCUT2D eigenvalue weighted by Gasteiger charge is -2.10. The van der Waals surface area contributed by atoms with Crippen LogP contribution in [0.5, 0.6) is 0 Å². The van der Waals surface area contributed by atoms with Crippen molar-refractivity contribution in [2.24, 2.45) is 7.05 Å². The van der Waals surface area contributed by atoms with E-state index in [9.17, 15) is 0 Å². The van der Waals surface area contributed by atoms with Gasteiger partial charge in [-0.3, -0.25) is 0 Å². The number of halogens is 1. The second-order valence-corrected chi connectivity index (χ2v) is 5.80. The zero-order chi connectivity index (χ0) is 14.8. The third-order valence-corrected chi connectivity index (χ3v) is 4.22. The molecule has 1 heterocycles. The van der Waals surface area contributed by atoms with Crippen molar-refractivity contribution in [3.05, 3.63) is 64.4 Å². The molecule has 0 aliphatic rings. The zero-order valence-electron chi connectivity index (χ0n) is 11.6. The van der Waals surface area contributed by atoms with Crippen LogP contribution in [0.2, 0.25) is 0 Å². The monoisotopic (exact) mass is 339 g/mol. The molecule has 0 atom stereocenters. The Bertz CT molecular complexity index is 843. The minimum absolute atomic E-state index is 0.674. The molecule has 0 fully saturated rings. The van der Waals surface area contributed by atoms with E-state index in [4.69, 9.17) is 5.26 Å². The van der Waals surface area contributed by atoms with E-state index < -0.39 is 0 Å². The van der Waals surface area contributed by atoms with Gasteiger partial charge in [0.1, 0.15) is 11.8 Å². The van der Waals surface area contributed by atoms with Crippen molar-refractivity contribution >= 4 is 32.4 Å². The van der Waals surface area contributed by atoms with E-state index in [0.717, 1.165) is 15.7 Å². The highest BCUT2D eigenvalue weighted by Crippen LogP contribution is 2.30. The molecule has 0 radical (unpaired) electrons. The molecule has 21 heavy (non-hydrogen) atoms. The number of rotatable bonds is 3. The average Bonchev–Trinajstić information content (AvgIpc) is 2.87. The standard InChI is InChI=1S/C17H14BrN3/c1-21-11-12(8-13(21)9-19)10-20-17-7-6-16(18)14-4-2-3-5-15(14)17/h2-8,11,20H,10H2,1H3. The van der Waals surface area contributed by atoms with Gasteiger partial charge in [-0.25, -0.2) is 0 Å². The number of nitrogens with one attached hydrogen (secondary N) is 1. The number of hydrogen-bond acceptors (Lipinski definition) is 2. The largest absolute Gasteiger partial charge is 0.380 e. The molecule has 0 bridgehead atoms. The summed E-state index contributed by atoms with van der Waals surface area (Å²) in [6.07, 6.45) is 1.98. The van der Waals surface area contributed by atoms with Crippen LogP contribution in [0, 0.1) is 11.3 Å². The highest BCUT2D eigenvalue weighted by molar-refractivity contribution is 9.10. The maximum Gasteiger partial charge on any atom is 0.120 e. The second kappa shape index (κ2) is 5.63. The summed E-state index contributed by atoms with van der Waals surface area (Å²) in [6, 6.07) is 16.5. The van der Waals surface area contributed by atoms with Gasteiger partial charge in [-0.05, 0) is 29.1 Å². The van der Waals surface area contributed by atoms with Crippen molar-refractivity contribution in [1.29, 1.82) is 5.26 Å². The fraction of sp³-hybridized carbons (Fsp3) is 0.118. The molecule has 2 aromatic carbocycles. The van der Waals surface area contributed by atoms with Gasteiger partial charge < -0.3 is 9.88 Å². The fourth-order valence-electron chi connectivity index (χ4n) is 2.45. The minimum atomic E-state index is 0.674. The van der Waals surface area contributed by atoms with E-state index in [1.54, 1.807) is 0 Å². The van der Waals surface area contributed by atoms with Gasteiger partial charge in [0.05, 0.1) is 0 Å². The average molecular weight is 340 g/mol. The number of hydrogen-bond donors (Lipinski definition) is 1. The van der Waals surface area contributed by atoms with Gasteiger partial charge in [0, 0.05) is 35.3 Å². The van der Waals surface area contributed by atoms with Gasteiger partial charge in [-0.15, -0.1) is 0 Å². The van der Waals surface area contributed by atoms with Crippen molar-refractivity contribution in [3.63, 3.8) is 0 Å². The minimum Gasteiger partial charge on any atom is -0.380 e. The van der Waals surface area contributed by atoms with Crippen molar-refractivity contribution in [2.45, 2.75) is 6.54 Å². The van der Waals surface area contributed by atoms with Crippen LogP contribution in [0.3, 0.4) is 0 Å². The lowest BCUT2D eigenvalue weighted by atomic mass is 10.1. The van der Waals surface area contributed by atoms with Crippen LogP contribution in [-0.2, 0) is 13.6 Å². The number of aryl methyl sites for hydroxylation is 1. The van der Waals surface area contributed by atoms with Gasteiger partial charge >= 0.3 is 0 Å². The van der Waals surface area contributed by atoms with Gasteiger partial charge in [0.25, 0.3) is 0 Å². The van der Waals surface area contributed by atoms with Crippen molar-refractivity contribution in [2.75, 3.05) is 5.32 Å². The predicted octanol–water partition coefficient (Wildman–Crippen LogP) is 4.42. The summed E-state index contributed by atoms with van der Waals surface area (Å²) in [5, 5.41) is 14.8. The van der Waals surface area contributed by atoms with Gasteiger partial charge in [-0.1, -0.05) is 40.2 Å². The number of benzene rings is 2. The van der Waals surface area contributed by atoms with Crippen LogP contribution in [0.4, 0.5) is 5.69 Å². The Labute approximate surface area is 131 Å². The molecule has 1 aromatic heterocycles. The van der Waals surface area contributed by atoms with Crippen LogP contribution >= 0.6 is 15.9 Å². The zero-order valence-corrected chi connectivity index (χ0v) is 13.2. The van der Waals surface area contributed by atoms with E-state index in [0.29, 0.717) is 12.2 Å². The number of nitrogens with zero attached hydrogens (tertiary/aromatic N) is 2. The lowest BCUT2D eigenvalue weighted by molar-refractivity contribution is 0.902. The van der Waals surface area contributed by atoms with Crippen molar-refractivity contribution in [1.82, 2.24) is 4.57 Å². The molecule has 4 heteroatoms. The fourth-order valence-corrected chi connectivity index (χ4v) is 2.93. The normalized spacial score (nSPS) is 10.5. The Balaban J connectivity index is 1.89. The summed E-state index contributed by atoms with van der Waals surface area (Å²) in [5.74, 6) is 0. The smallest absolute Gasteiger partial charge is 0.120 e. The molecule has 0 saturated heterocycles. The van der Waals surface area contributed by atoms with Crippen molar-refractivity contribution < 1.29 is 0 Å². The van der Waals surface area contributed by atoms with E-state index in [2.05, 4.69) is 51.6 Å². The predicted molar refractivity (Wildman–Crippen MR) is 89.1 cm³/mol. The molecular weight excluding hydrogens is 326 g/mol. The summed E-state index contributed by atoms with van der Waals surface area (Å²) >= 11 is 3.58. The molecule has 0 aliphatic carbocycles. The summed E-state index contributed by atoms with van der Waals surface area (Å²) in [5.41, 5.74) is 2.87. The quantitative estimate of drug-likeness (QED) is 0.767. The second-order valence-electron chi connectivity index (χ2n) is 4.95. The first-order chi connectivity index (χ1) is 10.2. The molecule has 3 nitrogen and oxygen atoms in total. The van der Waals surface area contributed by atoms with E-state index in [1.807, 2.05) is 36.0 Å². The molecule has 3 aromatic rings. The Hall–Kier alpha value is -2.25. The molecule has 0 unspecified atom stereocenters. The SMILES string of the molecule is Cn1cc(CNc2ccc(Br)c3ccccc23)cc1C#N. The Morgan fingerprint density at radius 1 is 1.19 bits per heavy atom. The number of nitriles is 1. The van der Waals surface area contributed by atoms with Gasteiger partial charge in [0.2, 0.25) is 0 Å². The van der Waals surface area contributed by atoms with Crippen molar-refractivity contribution in [3.8, 4) is 6.07 Å². The first kappa shape index (κ1) is 13.7. The van der Waals surface area contributed by atoms with E-state index in [1.165, 1.54) is 10.8 Å². The highest BCUT2D eigenvalue weighted by Gasteiger charge is 2.05.